The standard InChI is InChI=1S/C29H33F5N4O3/c1-17(2)41-28(40)38-9-5-6-19(16-38)22-13-25(26(14-24(22)31)37-11-10-36(4)18(3)15-37)35-27(39)21-8-7-20(30)12-23(21)29(32,33)34/h6-8,12-14,17-18H,5,9-11,15-16H2,1-4H3,(H,35,39)/t18-/m0/s1. The molecule has 1 atom stereocenters. The van der Waals surface area contributed by atoms with Crippen LogP contribution < -0.4 is 10.2 Å². The third-order valence-electron chi connectivity index (χ3n) is 7.26. The SMILES string of the molecule is CC(C)OC(=O)N1CCC=C(c2cc(NC(=O)c3ccc(F)cc3C(F)(F)F)c(N3CCN(C)[C@@H](C)C3)cc2F)C1. The summed E-state index contributed by atoms with van der Waals surface area (Å²) in [5, 5.41) is 2.53. The largest absolute Gasteiger partial charge is 0.447 e. The van der Waals surface area contributed by atoms with Gasteiger partial charge in [-0.1, -0.05) is 6.08 Å². The van der Waals surface area contributed by atoms with Crippen LogP contribution in [0.25, 0.3) is 5.57 Å². The van der Waals surface area contributed by atoms with E-state index in [-0.39, 0.29) is 36.0 Å². The van der Waals surface area contributed by atoms with E-state index in [0.717, 1.165) is 12.1 Å². The number of alkyl halides is 3. The normalized spacial score (nSPS) is 18.4. The number of nitrogens with one attached hydrogen (secondary N) is 1. The van der Waals surface area contributed by atoms with Gasteiger partial charge in [-0.05, 0) is 70.1 Å². The predicted octanol–water partition coefficient (Wildman–Crippen LogP) is 6.01. The van der Waals surface area contributed by atoms with E-state index in [4.69, 9.17) is 4.74 Å². The number of rotatable bonds is 5. The van der Waals surface area contributed by atoms with E-state index in [1.165, 1.54) is 17.0 Å². The van der Waals surface area contributed by atoms with Crippen LogP contribution in [0.4, 0.5) is 38.1 Å². The molecule has 2 aromatic carbocycles. The Kier molecular flexibility index (Phi) is 8.91. The van der Waals surface area contributed by atoms with E-state index in [1.54, 1.807) is 19.9 Å². The molecule has 2 aliphatic rings. The number of carbonyl (C=O) groups is 2. The van der Waals surface area contributed by atoms with Crippen molar-refractivity contribution in [2.45, 2.75) is 45.5 Å². The maximum absolute atomic E-state index is 15.7. The van der Waals surface area contributed by atoms with Crippen LogP contribution >= 0.6 is 0 Å². The summed E-state index contributed by atoms with van der Waals surface area (Å²) in [5.74, 6) is -2.85. The second-order valence-electron chi connectivity index (χ2n) is 10.6. The first-order chi connectivity index (χ1) is 19.2. The molecule has 4 rings (SSSR count). The number of amides is 2. The Morgan fingerprint density at radius 3 is 2.46 bits per heavy atom. The van der Waals surface area contributed by atoms with Gasteiger partial charge in [0.15, 0.2) is 0 Å². The van der Waals surface area contributed by atoms with Gasteiger partial charge in [0.25, 0.3) is 5.91 Å². The van der Waals surface area contributed by atoms with Crippen molar-refractivity contribution in [3.63, 3.8) is 0 Å². The molecule has 2 heterocycles. The summed E-state index contributed by atoms with van der Waals surface area (Å²) in [6.07, 6.45) is -3.64. The van der Waals surface area contributed by atoms with Gasteiger partial charge in [-0.2, -0.15) is 13.2 Å². The summed E-state index contributed by atoms with van der Waals surface area (Å²) in [4.78, 5) is 31.1. The zero-order valence-electron chi connectivity index (χ0n) is 23.3. The van der Waals surface area contributed by atoms with Crippen molar-refractivity contribution in [3.05, 3.63) is 64.7 Å². The molecule has 2 aliphatic heterocycles. The summed E-state index contributed by atoms with van der Waals surface area (Å²) < 4.78 is 75.6. The Hall–Kier alpha value is -3.67. The number of hydrogen-bond donors (Lipinski definition) is 1. The molecular weight excluding hydrogens is 547 g/mol. The van der Waals surface area contributed by atoms with Crippen LogP contribution in [0.5, 0.6) is 0 Å². The number of hydrogen-bond acceptors (Lipinski definition) is 5. The first-order valence-electron chi connectivity index (χ1n) is 13.4. The maximum Gasteiger partial charge on any atom is 0.417 e. The Bertz CT molecular complexity index is 1340. The number of piperazine rings is 1. The minimum Gasteiger partial charge on any atom is -0.447 e. The number of nitrogens with zero attached hydrogens (tertiary/aromatic N) is 3. The van der Waals surface area contributed by atoms with Gasteiger partial charge in [0.1, 0.15) is 11.6 Å². The van der Waals surface area contributed by atoms with Gasteiger partial charge in [0.05, 0.1) is 28.6 Å². The fourth-order valence-corrected chi connectivity index (χ4v) is 4.95. The average molecular weight is 581 g/mol. The first kappa shape index (κ1) is 30.3. The van der Waals surface area contributed by atoms with Crippen molar-refractivity contribution in [1.29, 1.82) is 0 Å². The lowest BCUT2D eigenvalue weighted by molar-refractivity contribution is -0.138. The summed E-state index contributed by atoms with van der Waals surface area (Å²) in [7, 11) is 1.95. The van der Waals surface area contributed by atoms with Crippen molar-refractivity contribution in [1.82, 2.24) is 9.80 Å². The fourth-order valence-electron chi connectivity index (χ4n) is 4.95. The van der Waals surface area contributed by atoms with Crippen molar-refractivity contribution in [2.24, 2.45) is 0 Å². The van der Waals surface area contributed by atoms with Gasteiger partial charge in [0.2, 0.25) is 0 Å². The number of halogens is 5. The lowest BCUT2D eigenvalue weighted by Crippen LogP contribution is -2.50. The molecule has 1 fully saturated rings. The van der Waals surface area contributed by atoms with E-state index < -0.39 is 40.9 Å². The summed E-state index contributed by atoms with van der Waals surface area (Å²) in [6, 6.07) is 4.55. The highest BCUT2D eigenvalue weighted by Gasteiger charge is 2.36. The van der Waals surface area contributed by atoms with Crippen LogP contribution in [-0.2, 0) is 10.9 Å². The van der Waals surface area contributed by atoms with Crippen molar-refractivity contribution in [2.75, 3.05) is 50.0 Å². The van der Waals surface area contributed by atoms with Crippen LogP contribution in [0.2, 0.25) is 0 Å². The lowest BCUT2D eigenvalue weighted by atomic mass is 9.98. The molecular formula is C29H33F5N4O3. The molecule has 2 amide bonds. The molecule has 1 saturated heterocycles. The molecule has 0 bridgehead atoms. The Morgan fingerprint density at radius 2 is 1.80 bits per heavy atom. The Labute approximate surface area is 235 Å². The number of benzene rings is 2. The van der Waals surface area contributed by atoms with Crippen LogP contribution in [0, 0.1) is 11.6 Å². The van der Waals surface area contributed by atoms with Gasteiger partial charge in [-0.15, -0.1) is 0 Å². The number of likely N-dealkylation sites (N-methyl/N-ethyl adjacent to an activating group) is 1. The monoisotopic (exact) mass is 580 g/mol. The van der Waals surface area contributed by atoms with Gasteiger partial charge >= 0.3 is 12.3 Å². The third kappa shape index (κ3) is 6.98. The van der Waals surface area contributed by atoms with E-state index in [0.29, 0.717) is 43.9 Å². The molecule has 0 unspecified atom stereocenters. The molecule has 7 nitrogen and oxygen atoms in total. The molecule has 0 aromatic heterocycles. The van der Waals surface area contributed by atoms with Crippen LogP contribution in [0.15, 0.2) is 36.4 Å². The van der Waals surface area contributed by atoms with Crippen molar-refractivity contribution >= 4 is 28.9 Å². The smallest absolute Gasteiger partial charge is 0.417 e. The molecule has 12 heteroatoms. The third-order valence-corrected chi connectivity index (χ3v) is 7.26. The van der Waals surface area contributed by atoms with Gasteiger partial charge in [-0.25, -0.2) is 13.6 Å². The van der Waals surface area contributed by atoms with Crippen LogP contribution in [-0.4, -0.2) is 73.7 Å². The Morgan fingerprint density at radius 1 is 1.07 bits per heavy atom. The highest BCUT2D eigenvalue weighted by Crippen LogP contribution is 2.37. The highest BCUT2D eigenvalue weighted by atomic mass is 19.4. The summed E-state index contributed by atoms with van der Waals surface area (Å²) in [6.45, 7) is 7.48. The molecule has 1 N–H and O–H groups in total. The Balaban J connectivity index is 1.73. The zero-order chi connectivity index (χ0) is 30.1. The molecule has 41 heavy (non-hydrogen) atoms. The maximum atomic E-state index is 15.7. The quantitative estimate of drug-likeness (QED) is 0.439. The van der Waals surface area contributed by atoms with Crippen LogP contribution in [0.3, 0.4) is 0 Å². The average Bonchev–Trinajstić information content (AvgIpc) is 2.90. The zero-order valence-corrected chi connectivity index (χ0v) is 23.3. The minimum absolute atomic E-state index is 0.0525. The molecule has 2 aromatic rings. The van der Waals surface area contributed by atoms with Gasteiger partial charge < -0.3 is 24.8 Å². The highest BCUT2D eigenvalue weighted by molar-refractivity contribution is 6.07. The second-order valence-corrected chi connectivity index (χ2v) is 10.6. The molecule has 0 spiro atoms. The molecule has 0 saturated carbocycles. The van der Waals surface area contributed by atoms with Crippen molar-refractivity contribution < 1.29 is 36.3 Å². The summed E-state index contributed by atoms with van der Waals surface area (Å²) in [5.41, 5.74) is -1.20. The van der Waals surface area contributed by atoms with Gasteiger partial charge in [0, 0.05) is 44.3 Å². The number of ether oxygens (including phenoxy) is 1. The molecule has 0 aliphatic carbocycles. The number of carbonyl (C=O) groups excluding carboxylic acids is 2. The second kappa shape index (κ2) is 12.1. The van der Waals surface area contributed by atoms with Crippen molar-refractivity contribution in [3.8, 4) is 0 Å². The van der Waals surface area contributed by atoms with E-state index in [9.17, 15) is 27.2 Å². The minimum atomic E-state index is -4.97. The topological polar surface area (TPSA) is 65.1 Å². The van der Waals surface area contributed by atoms with Gasteiger partial charge in [-0.3, -0.25) is 4.79 Å². The van der Waals surface area contributed by atoms with E-state index in [2.05, 4.69) is 10.2 Å². The fraction of sp³-hybridized carbons (Fsp3) is 0.448. The molecule has 0 radical (unpaired) electrons. The van der Waals surface area contributed by atoms with E-state index >= 15 is 4.39 Å². The lowest BCUT2D eigenvalue weighted by Gasteiger charge is -2.40. The first-order valence-corrected chi connectivity index (χ1v) is 13.4. The predicted molar refractivity (Wildman–Crippen MR) is 146 cm³/mol. The van der Waals surface area contributed by atoms with E-state index in [1.807, 2.05) is 18.9 Å². The number of anilines is 2. The summed E-state index contributed by atoms with van der Waals surface area (Å²) >= 11 is 0. The van der Waals surface area contributed by atoms with Crippen LogP contribution in [0.1, 0.15) is 48.7 Å². The molecule has 222 valence electrons.